The lowest BCUT2D eigenvalue weighted by Crippen LogP contribution is -2.47. The number of aliphatic hydroxyl groups excluding tert-OH is 1. The number of carbonyl (C=O) groups excluding carboxylic acids is 2. The Balaban J connectivity index is 0.00000342. The highest BCUT2D eigenvalue weighted by Gasteiger charge is 2.28. The monoisotopic (exact) mass is 492 g/mol. The lowest BCUT2D eigenvalue weighted by molar-refractivity contribution is -0.133. The quantitative estimate of drug-likeness (QED) is 0.558. The summed E-state index contributed by atoms with van der Waals surface area (Å²) in [7, 11) is 0. The summed E-state index contributed by atoms with van der Waals surface area (Å²) < 4.78 is 0. The van der Waals surface area contributed by atoms with Crippen molar-refractivity contribution in [1.29, 1.82) is 0 Å². The molecule has 6 heteroatoms. The molecule has 2 N–H and O–H groups in total. The third-order valence-corrected chi connectivity index (χ3v) is 6.63. The lowest BCUT2D eigenvalue weighted by Gasteiger charge is -2.32. The molecule has 5 nitrogen and oxygen atoms in total. The highest BCUT2D eigenvalue weighted by Crippen LogP contribution is 2.38. The largest absolute Gasteiger partial charge is 0.394 e. The van der Waals surface area contributed by atoms with Crippen LogP contribution in [0.1, 0.15) is 62.3 Å². The molecule has 1 atom stereocenters. The van der Waals surface area contributed by atoms with Crippen LogP contribution in [0.5, 0.6) is 0 Å². The molecule has 2 aromatic rings. The number of nitrogens with one attached hydrogen (secondary N) is 1. The number of nitrogens with zero attached hydrogens (tertiary/aromatic N) is 1. The van der Waals surface area contributed by atoms with Crippen molar-refractivity contribution < 1.29 is 14.7 Å². The number of likely N-dealkylation sites (tertiary alicyclic amines) is 1. The normalized spacial score (nSPS) is 15.9. The zero-order valence-electron chi connectivity index (χ0n) is 20.8. The maximum absolute atomic E-state index is 13.0. The standard InChI is InChI=1S/C29H34N2O3.H2S/c1-29(2,3)28(34)30-23(19-32)18-26(33)31-16-14-22(15-17-31)27-24-10-6-4-8-20(24)12-13-21-9-5-7-11-25(21)27;/h4-13,23,32H,14-19H2,1-3H3,(H,30,34);1H2/t23-;/m0./s1. The molecule has 0 unspecified atom stereocenters. The first-order valence-corrected chi connectivity index (χ1v) is 12.1. The van der Waals surface area contributed by atoms with Crippen LogP contribution in [-0.4, -0.2) is 47.6 Å². The number of carbonyl (C=O) groups is 2. The van der Waals surface area contributed by atoms with E-state index in [2.05, 4.69) is 66.0 Å². The molecule has 0 aromatic heterocycles. The molecular weight excluding hydrogens is 456 g/mol. The van der Waals surface area contributed by atoms with Gasteiger partial charge in [0.05, 0.1) is 12.6 Å². The number of piperidine rings is 1. The van der Waals surface area contributed by atoms with Crippen molar-refractivity contribution in [3.63, 3.8) is 0 Å². The molecule has 2 aliphatic rings. The van der Waals surface area contributed by atoms with E-state index in [-0.39, 0.29) is 38.3 Å². The van der Waals surface area contributed by atoms with E-state index in [1.165, 1.54) is 33.4 Å². The van der Waals surface area contributed by atoms with Crippen LogP contribution in [0.3, 0.4) is 0 Å². The van der Waals surface area contributed by atoms with E-state index >= 15 is 0 Å². The van der Waals surface area contributed by atoms with E-state index < -0.39 is 11.5 Å². The highest BCUT2D eigenvalue weighted by atomic mass is 32.1. The van der Waals surface area contributed by atoms with Crippen molar-refractivity contribution in [2.24, 2.45) is 5.41 Å². The number of rotatable bonds is 4. The fourth-order valence-electron chi connectivity index (χ4n) is 4.62. The Labute approximate surface area is 215 Å². The summed E-state index contributed by atoms with van der Waals surface area (Å²) in [4.78, 5) is 27.1. The molecular formula is C29H36N2O3S. The van der Waals surface area contributed by atoms with Crippen molar-refractivity contribution in [1.82, 2.24) is 10.2 Å². The van der Waals surface area contributed by atoms with Crippen molar-refractivity contribution >= 4 is 43.0 Å². The fourth-order valence-corrected chi connectivity index (χ4v) is 4.62. The smallest absolute Gasteiger partial charge is 0.225 e. The van der Waals surface area contributed by atoms with Crippen molar-refractivity contribution in [2.45, 2.75) is 46.1 Å². The second kappa shape index (κ2) is 11.3. The van der Waals surface area contributed by atoms with Gasteiger partial charge in [-0.2, -0.15) is 13.5 Å². The van der Waals surface area contributed by atoms with Crippen LogP contribution in [0.4, 0.5) is 0 Å². The molecule has 0 bridgehead atoms. The van der Waals surface area contributed by atoms with E-state index in [1.807, 2.05) is 25.7 Å². The Morgan fingerprint density at radius 3 is 1.94 bits per heavy atom. The minimum Gasteiger partial charge on any atom is -0.394 e. The minimum absolute atomic E-state index is 0. The maximum atomic E-state index is 13.0. The van der Waals surface area contributed by atoms with Crippen LogP contribution in [0.25, 0.3) is 17.7 Å². The van der Waals surface area contributed by atoms with Gasteiger partial charge < -0.3 is 15.3 Å². The van der Waals surface area contributed by atoms with Gasteiger partial charge in [0, 0.05) is 24.9 Å². The van der Waals surface area contributed by atoms with Crippen molar-refractivity contribution in [3.05, 3.63) is 76.4 Å². The van der Waals surface area contributed by atoms with Gasteiger partial charge in [-0.05, 0) is 40.7 Å². The molecule has 1 saturated heterocycles. The Morgan fingerprint density at radius 2 is 1.46 bits per heavy atom. The van der Waals surface area contributed by atoms with Gasteiger partial charge in [-0.3, -0.25) is 9.59 Å². The molecule has 2 amide bonds. The molecule has 1 aliphatic heterocycles. The topological polar surface area (TPSA) is 69.6 Å². The maximum Gasteiger partial charge on any atom is 0.225 e. The first-order chi connectivity index (χ1) is 16.3. The Kier molecular flexibility index (Phi) is 8.62. The zero-order valence-corrected chi connectivity index (χ0v) is 21.8. The van der Waals surface area contributed by atoms with Gasteiger partial charge in [0.25, 0.3) is 0 Å². The van der Waals surface area contributed by atoms with E-state index in [0.717, 1.165) is 12.8 Å². The molecule has 35 heavy (non-hydrogen) atoms. The molecule has 186 valence electrons. The number of hydrogen-bond acceptors (Lipinski definition) is 3. The molecule has 0 radical (unpaired) electrons. The third-order valence-electron chi connectivity index (χ3n) is 6.63. The van der Waals surface area contributed by atoms with Crippen LogP contribution in [0, 0.1) is 5.41 Å². The summed E-state index contributed by atoms with van der Waals surface area (Å²) in [6.45, 7) is 6.48. The van der Waals surface area contributed by atoms with Crippen LogP contribution in [0.2, 0.25) is 0 Å². The van der Waals surface area contributed by atoms with Gasteiger partial charge >= 0.3 is 0 Å². The Morgan fingerprint density at radius 1 is 0.943 bits per heavy atom. The molecule has 2 aromatic carbocycles. The van der Waals surface area contributed by atoms with Gasteiger partial charge in [0.15, 0.2) is 0 Å². The second-order valence-corrected chi connectivity index (χ2v) is 10.2. The summed E-state index contributed by atoms with van der Waals surface area (Å²) in [5.41, 5.74) is 6.98. The average Bonchev–Trinajstić information content (AvgIpc) is 3.00. The number of aliphatic hydroxyl groups is 1. The van der Waals surface area contributed by atoms with Gasteiger partial charge in [0.1, 0.15) is 0 Å². The number of fused-ring (bicyclic) bond motifs is 2. The Bertz CT molecular complexity index is 1090. The summed E-state index contributed by atoms with van der Waals surface area (Å²) >= 11 is 0. The number of benzene rings is 2. The summed E-state index contributed by atoms with van der Waals surface area (Å²) in [6, 6.07) is 16.4. The SMILES string of the molecule is CC(C)(C)C(=O)N[C@H](CO)CC(=O)N1CCC(=C2c3ccccc3C=Cc3ccccc32)CC1.S. The Hall–Kier alpha value is -2.83. The van der Waals surface area contributed by atoms with E-state index in [9.17, 15) is 14.7 Å². The van der Waals surface area contributed by atoms with Gasteiger partial charge in [-0.25, -0.2) is 0 Å². The first kappa shape index (κ1) is 26.8. The predicted octanol–water partition coefficient (Wildman–Crippen LogP) is 4.62. The molecule has 0 saturated carbocycles. The van der Waals surface area contributed by atoms with Crippen LogP contribution in [0.15, 0.2) is 54.1 Å². The molecule has 4 rings (SSSR count). The van der Waals surface area contributed by atoms with Gasteiger partial charge in [0.2, 0.25) is 11.8 Å². The molecule has 0 spiro atoms. The predicted molar refractivity (Wildman–Crippen MR) is 147 cm³/mol. The zero-order chi connectivity index (χ0) is 24.3. The minimum atomic E-state index is -0.567. The number of amides is 2. The van der Waals surface area contributed by atoms with Crippen LogP contribution in [-0.2, 0) is 9.59 Å². The number of hydrogen-bond donors (Lipinski definition) is 2. The van der Waals surface area contributed by atoms with Crippen LogP contribution < -0.4 is 5.32 Å². The van der Waals surface area contributed by atoms with Gasteiger partial charge in [-0.1, -0.05) is 87.0 Å². The summed E-state index contributed by atoms with van der Waals surface area (Å²) in [5.74, 6) is -0.190. The second-order valence-electron chi connectivity index (χ2n) is 10.2. The average molecular weight is 493 g/mol. The highest BCUT2D eigenvalue weighted by molar-refractivity contribution is 7.59. The van der Waals surface area contributed by atoms with Gasteiger partial charge in [-0.15, -0.1) is 0 Å². The molecule has 1 fully saturated rings. The summed E-state index contributed by atoms with van der Waals surface area (Å²) in [6.07, 6.45) is 6.09. The molecule has 1 aliphatic carbocycles. The van der Waals surface area contributed by atoms with Crippen molar-refractivity contribution in [2.75, 3.05) is 19.7 Å². The van der Waals surface area contributed by atoms with E-state index in [0.29, 0.717) is 13.1 Å². The molecule has 1 heterocycles. The lowest BCUT2D eigenvalue weighted by atomic mass is 9.86. The van der Waals surface area contributed by atoms with E-state index in [1.54, 1.807) is 0 Å². The first-order valence-electron chi connectivity index (χ1n) is 12.1. The fraction of sp³-hybridized carbons (Fsp3) is 0.379. The van der Waals surface area contributed by atoms with E-state index in [4.69, 9.17) is 0 Å². The van der Waals surface area contributed by atoms with Crippen LogP contribution >= 0.6 is 13.5 Å². The van der Waals surface area contributed by atoms with Crippen molar-refractivity contribution in [3.8, 4) is 0 Å². The third kappa shape index (κ3) is 6.06. The summed E-state index contributed by atoms with van der Waals surface area (Å²) in [5, 5.41) is 12.5.